The van der Waals surface area contributed by atoms with Gasteiger partial charge in [0.1, 0.15) is 23.3 Å². The number of aryl methyl sites for hydroxylation is 1. The zero-order chi connectivity index (χ0) is 19.8. The van der Waals surface area contributed by atoms with Crippen LogP contribution in [-0.2, 0) is 9.59 Å². The number of rotatable bonds is 3. The molecule has 0 radical (unpaired) electrons. The predicted molar refractivity (Wildman–Crippen MR) is 106 cm³/mol. The lowest BCUT2D eigenvalue weighted by molar-refractivity contribution is -0.132. The molecule has 2 aromatic carbocycles. The highest BCUT2D eigenvalue weighted by atomic mass is 35.5. The molecule has 28 heavy (non-hydrogen) atoms. The summed E-state index contributed by atoms with van der Waals surface area (Å²) in [5.41, 5.74) is 0.867. The molecular formula is C22H16ClNO4. The summed E-state index contributed by atoms with van der Waals surface area (Å²) in [4.78, 5) is 27.1. The zero-order valence-corrected chi connectivity index (χ0v) is 15.7. The molecule has 1 unspecified atom stereocenters. The number of aliphatic hydroxyl groups is 1. The average Bonchev–Trinajstić information content (AvgIpc) is 3.23. The Morgan fingerprint density at radius 2 is 1.79 bits per heavy atom. The molecule has 0 aliphatic carbocycles. The molecule has 3 aromatic rings. The van der Waals surface area contributed by atoms with Gasteiger partial charge in [0, 0.05) is 16.3 Å². The van der Waals surface area contributed by atoms with E-state index >= 15 is 0 Å². The number of ketones is 1. The minimum atomic E-state index is -0.896. The van der Waals surface area contributed by atoms with Gasteiger partial charge in [-0.2, -0.15) is 0 Å². The molecule has 1 atom stereocenters. The van der Waals surface area contributed by atoms with Gasteiger partial charge < -0.3 is 9.52 Å². The number of aliphatic hydroxyl groups excluding tert-OH is 1. The summed E-state index contributed by atoms with van der Waals surface area (Å²) in [7, 11) is 0. The number of carbonyl (C=O) groups is 2. The Morgan fingerprint density at radius 3 is 2.43 bits per heavy atom. The number of halogens is 1. The van der Waals surface area contributed by atoms with Crippen LogP contribution in [0.25, 0.3) is 5.76 Å². The molecule has 1 aliphatic rings. The Bertz CT molecular complexity index is 1100. The molecule has 0 spiro atoms. The van der Waals surface area contributed by atoms with Crippen molar-refractivity contribution in [3.05, 3.63) is 94.4 Å². The Kier molecular flexibility index (Phi) is 4.53. The van der Waals surface area contributed by atoms with Gasteiger partial charge in [0.15, 0.2) is 0 Å². The second-order valence-corrected chi connectivity index (χ2v) is 6.90. The van der Waals surface area contributed by atoms with Crippen molar-refractivity contribution in [3.8, 4) is 0 Å². The topological polar surface area (TPSA) is 70.8 Å². The van der Waals surface area contributed by atoms with Crippen molar-refractivity contribution in [2.75, 3.05) is 4.90 Å². The Hall–Kier alpha value is -3.31. The molecular weight excluding hydrogens is 378 g/mol. The fourth-order valence-electron chi connectivity index (χ4n) is 3.35. The zero-order valence-electron chi connectivity index (χ0n) is 14.9. The number of Topliss-reactive ketones (excluding diaryl/α,β-unsaturated/α-hetero) is 1. The van der Waals surface area contributed by atoms with Gasteiger partial charge >= 0.3 is 0 Å². The van der Waals surface area contributed by atoms with Gasteiger partial charge in [-0.1, -0.05) is 48.0 Å². The largest absolute Gasteiger partial charge is 0.507 e. The molecule has 2 heterocycles. The highest BCUT2D eigenvalue weighted by Crippen LogP contribution is 2.42. The lowest BCUT2D eigenvalue weighted by atomic mass is 9.99. The van der Waals surface area contributed by atoms with Crippen molar-refractivity contribution in [2.24, 2.45) is 0 Å². The first kappa shape index (κ1) is 18.1. The quantitative estimate of drug-likeness (QED) is 0.391. The molecule has 140 valence electrons. The van der Waals surface area contributed by atoms with E-state index in [4.69, 9.17) is 16.0 Å². The Labute approximate surface area is 166 Å². The number of hydrogen-bond acceptors (Lipinski definition) is 4. The number of nitrogens with zero attached hydrogens (tertiary/aromatic N) is 1. The summed E-state index contributed by atoms with van der Waals surface area (Å²) in [6.45, 7) is 1.77. The first-order valence-corrected chi connectivity index (χ1v) is 9.03. The van der Waals surface area contributed by atoms with E-state index in [0.717, 1.165) is 0 Å². The number of amides is 1. The van der Waals surface area contributed by atoms with Crippen molar-refractivity contribution in [1.29, 1.82) is 0 Å². The molecule has 0 saturated carbocycles. The smallest absolute Gasteiger partial charge is 0.300 e. The maximum atomic E-state index is 12.9. The lowest BCUT2D eigenvalue weighted by Crippen LogP contribution is -2.29. The molecule has 1 aromatic heterocycles. The van der Waals surface area contributed by atoms with E-state index in [1.54, 1.807) is 73.7 Å². The second-order valence-electron chi connectivity index (χ2n) is 6.46. The second kappa shape index (κ2) is 7.02. The highest BCUT2D eigenvalue weighted by molar-refractivity contribution is 6.51. The Balaban J connectivity index is 1.95. The van der Waals surface area contributed by atoms with Gasteiger partial charge in [0.25, 0.3) is 11.7 Å². The van der Waals surface area contributed by atoms with Gasteiger partial charge in [0.2, 0.25) is 0 Å². The first-order chi connectivity index (χ1) is 13.5. The number of hydrogen-bond donors (Lipinski definition) is 1. The van der Waals surface area contributed by atoms with Crippen LogP contribution in [0.2, 0.25) is 5.02 Å². The molecule has 1 N–H and O–H groups in total. The third-order valence-corrected chi connectivity index (χ3v) is 4.84. The minimum Gasteiger partial charge on any atom is -0.507 e. The molecule has 4 rings (SSSR count). The van der Waals surface area contributed by atoms with E-state index in [9.17, 15) is 14.7 Å². The maximum Gasteiger partial charge on any atom is 0.300 e. The molecule has 1 fully saturated rings. The molecule has 1 saturated heterocycles. The molecule has 1 amide bonds. The fourth-order valence-corrected chi connectivity index (χ4v) is 3.53. The fraction of sp³-hybridized carbons (Fsp3) is 0.0909. The van der Waals surface area contributed by atoms with Crippen LogP contribution in [-0.4, -0.2) is 16.8 Å². The van der Waals surface area contributed by atoms with Crippen LogP contribution in [0.3, 0.4) is 0 Å². The minimum absolute atomic E-state index is 0.0227. The van der Waals surface area contributed by atoms with E-state index in [2.05, 4.69) is 0 Å². The number of anilines is 1. The standard InChI is InChI=1S/C22H16ClNO4/c1-13-10-11-17(28-13)19-18(20(25)14-6-3-2-4-7-14)21(26)22(27)24(19)16-9-5-8-15(23)12-16/h2-12,19,25H,1H3/b20-18-. The molecule has 0 bridgehead atoms. The predicted octanol–water partition coefficient (Wildman–Crippen LogP) is 4.87. The van der Waals surface area contributed by atoms with Crippen LogP contribution in [0.5, 0.6) is 0 Å². The van der Waals surface area contributed by atoms with Gasteiger partial charge in [-0.05, 0) is 37.3 Å². The van der Waals surface area contributed by atoms with Crippen LogP contribution in [0, 0.1) is 6.92 Å². The number of furan rings is 1. The summed E-state index contributed by atoms with van der Waals surface area (Å²) in [6, 6.07) is 17.8. The Morgan fingerprint density at radius 1 is 1.04 bits per heavy atom. The number of benzene rings is 2. The van der Waals surface area contributed by atoms with E-state index in [1.165, 1.54) is 4.90 Å². The van der Waals surface area contributed by atoms with E-state index in [1.807, 2.05) is 0 Å². The van der Waals surface area contributed by atoms with Crippen molar-refractivity contribution < 1.29 is 19.1 Å². The van der Waals surface area contributed by atoms with E-state index < -0.39 is 17.7 Å². The van der Waals surface area contributed by atoms with Crippen LogP contribution < -0.4 is 4.90 Å². The summed E-state index contributed by atoms with van der Waals surface area (Å²) < 4.78 is 5.74. The molecule has 1 aliphatic heterocycles. The van der Waals surface area contributed by atoms with Crippen molar-refractivity contribution >= 4 is 34.7 Å². The maximum absolute atomic E-state index is 12.9. The summed E-state index contributed by atoms with van der Waals surface area (Å²) in [6.07, 6.45) is 0. The van der Waals surface area contributed by atoms with Crippen molar-refractivity contribution in [1.82, 2.24) is 0 Å². The normalized spacial score (nSPS) is 18.6. The SMILES string of the molecule is Cc1ccc(C2/C(=C(/O)c3ccccc3)C(=O)C(=O)N2c2cccc(Cl)c2)o1. The molecule has 6 heteroatoms. The third-order valence-electron chi connectivity index (χ3n) is 4.61. The van der Waals surface area contributed by atoms with Gasteiger partial charge in [-0.15, -0.1) is 0 Å². The van der Waals surface area contributed by atoms with E-state index in [0.29, 0.717) is 27.8 Å². The summed E-state index contributed by atoms with van der Waals surface area (Å²) >= 11 is 6.09. The van der Waals surface area contributed by atoms with E-state index in [-0.39, 0.29) is 11.3 Å². The number of carbonyl (C=O) groups excluding carboxylic acids is 2. The monoisotopic (exact) mass is 393 g/mol. The lowest BCUT2D eigenvalue weighted by Gasteiger charge is -2.23. The first-order valence-electron chi connectivity index (χ1n) is 8.65. The summed E-state index contributed by atoms with van der Waals surface area (Å²) in [5, 5.41) is 11.3. The van der Waals surface area contributed by atoms with Gasteiger partial charge in [-0.3, -0.25) is 14.5 Å². The van der Waals surface area contributed by atoms with Crippen LogP contribution in [0.15, 0.2) is 76.7 Å². The average molecular weight is 394 g/mol. The van der Waals surface area contributed by atoms with Crippen LogP contribution >= 0.6 is 11.6 Å². The van der Waals surface area contributed by atoms with Crippen molar-refractivity contribution in [2.45, 2.75) is 13.0 Å². The van der Waals surface area contributed by atoms with Gasteiger partial charge in [0.05, 0.1) is 5.57 Å². The molecule has 5 nitrogen and oxygen atoms in total. The summed E-state index contributed by atoms with van der Waals surface area (Å²) in [5.74, 6) is -0.762. The van der Waals surface area contributed by atoms with Crippen molar-refractivity contribution in [3.63, 3.8) is 0 Å². The van der Waals surface area contributed by atoms with Crippen LogP contribution in [0.4, 0.5) is 5.69 Å². The highest BCUT2D eigenvalue weighted by Gasteiger charge is 2.48. The third kappa shape index (κ3) is 3.00. The van der Waals surface area contributed by atoms with Crippen LogP contribution in [0.1, 0.15) is 23.1 Å². The van der Waals surface area contributed by atoms with Gasteiger partial charge in [-0.25, -0.2) is 0 Å².